The molecular formula is C27H25F2N5O3S. The second-order valence-corrected chi connectivity index (χ2v) is 10.1. The Hall–Kier alpha value is -3.80. The minimum Gasteiger partial charge on any atom is -0.381 e. The normalized spacial score (nSPS) is 13.1. The molecule has 1 unspecified atom stereocenters. The highest BCUT2D eigenvalue weighted by Crippen LogP contribution is 2.29. The number of benzene rings is 2. The Morgan fingerprint density at radius 1 is 1.05 bits per heavy atom. The number of hydrogen-bond donors (Lipinski definition) is 1. The lowest BCUT2D eigenvalue weighted by molar-refractivity contribution is -0.00640. The third-order valence-electron chi connectivity index (χ3n) is 6.15. The highest BCUT2D eigenvalue weighted by molar-refractivity contribution is 7.18. The zero-order chi connectivity index (χ0) is 26.5. The molecule has 8 nitrogen and oxygen atoms in total. The van der Waals surface area contributed by atoms with Gasteiger partial charge >= 0.3 is 0 Å². The molecule has 0 bridgehead atoms. The number of rotatable bonds is 11. The first-order valence-electron chi connectivity index (χ1n) is 12.0. The first-order chi connectivity index (χ1) is 18.4. The Morgan fingerprint density at radius 2 is 1.89 bits per heavy atom. The largest absolute Gasteiger partial charge is 0.381 e. The van der Waals surface area contributed by atoms with Gasteiger partial charge in [0, 0.05) is 23.1 Å². The van der Waals surface area contributed by atoms with Gasteiger partial charge in [-0.15, -0.1) is 11.3 Å². The zero-order valence-electron chi connectivity index (χ0n) is 20.3. The number of thiophene rings is 1. The number of aliphatic hydroxyl groups is 1. The van der Waals surface area contributed by atoms with Gasteiger partial charge in [-0.1, -0.05) is 36.4 Å². The van der Waals surface area contributed by atoms with Gasteiger partial charge in [0.05, 0.1) is 31.4 Å². The van der Waals surface area contributed by atoms with Crippen LogP contribution in [-0.2, 0) is 36.5 Å². The second kappa shape index (κ2) is 11.3. The summed E-state index contributed by atoms with van der Waals surface area (Å²) < 4.78 is 36.6. The van der Waals surface area contributed by atoms with Gasteiger partial charge in [-0.2, -0.15) is 5.10 Å². The lowest BCUT2D eigenvalue weighted by atomic mass is 9.92. The third kappa shape index (κ3) is 5.85. The van der Waals surface area contributed by atoms with Crippen LogP contribution in [0.3, 0.4) is 0 Å². The van der Waals surface area contributed by atoms with E-state index in [1.165, 1.54) is 45.6 Å². The Balaban J connectivity index is 1.33. The molecule has 0 fully saturated rings. The molecular weight excluding hydrogens is 512 g/mol. The predicted octanol–water partition coefficient (Wildman–Crippen LogP) is 4.07. The lowest BCUT2D eigenvalue weighted by Gasteiger charge is -2.29. The van der Waals surface area contributed by atoms with Gasteiger partial charge in [0.15, 0.2) is 0 Å². The number of fused-ring (bicyclic) bond motifs is 1. The first-order valence-corrected chi connectivity index (χ1v) is 12.8. The van der Waals surface area contributed by atoms with E-state index in [9.17, 15) is 18.7 Å². The van der Waals surface area contributed by atoms with Crippen molar-refractivity contribution in [3.8, 4) is 0 Å². The molecule has 196 valence electrons. The van der Waals surface area contributed by atoms with Gasteiger partial charge in [-0.3, -0.25) is 9.36 Å². The molecule has 5 rings (SSSR count). The van der Waals surface area contributed by atoms with Crippen LogP contribution in [0.4, 0.5) is 8.78 Å². The van der Waals surface area contributed by atoms with E-state index in [1.807, 2.05) is 30.3 Å². The molecule has 0 radical (unpaired) electrons. The van der Waals surface area contributed by atoms with Crippen LogP contribution in [0.15, 0.2) is 78.4 Å². The van der Waals surface area contributed by atoms with Crippen molar-refractivity contribution in [3.05, 3.63) is 112 Å². The van der Waals surface area contributed by atoms with Crippen molar-refractivity contribution in [1.82, 2.24) is 24.3 Å². The summed E-state index contributed by atoms with van der Waals surface area (Å²) in [6.45, 7) is 0.596. The maximum absolute atomic E-state index is 14.7. The molecule has 0 aliphatic heterocycles. The molecule has 5 aromatic rings. The summed E-state index contributed by atoms with van der Waals surface area (Å²) in [6.07, 6.45) is 5.50. The summed E-state index contributed by atoms with van der Waals surface area (Å²) in [7, 11) is 0. The monoisotopic (exact) mass is 537 g/mol. The van der Waals surface area contributed by atoms with Crippen molar-refractivity contribution < 1.29 is 18.6 Å². The third-order valence-corrected chi connectivity index (χ3v) is 7.25. The number of aromatic nitrogens is 5. The van der Waals surface area contributed by atoms with E-state index in [4.69, 9.17) is 4.74 Å². The van der Waals surface area contributed by atoms with Crippen LogP contribution in [0.25, 0.3) is 10.2 Å². The Morgan fingerprint density at radius 3 is 2.66 bits per heavy atom. The quantitative estimate of drug-likeness (QED) is 0.255. The van der Waals surface area contributed by atoms with Crippen LogP contribution < -0.4 is 5.56 Å². The first kappa shape index (κ1) is 25.8. The molecule has 1 N–H and O–H groups in total. The lowest BCUT2D eigenvalue weighted by Crippen LogP contribution is -2.40. The van der Waals surface area contributed by atoms with Crippen molar-refractivity contribution in [3.63, 3.8) is 0 Å². The van der Waals surface area contributed by atoms with Crippen LogP contribution in [0.5, 0.6) is 0 Å². The number of ether oxygens (including phenoxy) is 1. The molecule has 0 spiro atoms. The fourth-order valence-electron chi connectivity index (χ4n) is 4.31. The van der Waals surface area contributed by atoms with Crippen LogP contribution >= 0.6 is 11.3 Å². The van der Waals surface area contributed by atoms with Crippen molar-refractivity contribution >= 4 is 21.6 Å². The van der Waals surface area contributed by atoms with Crippen molar-refractivity contribution in [2.45, 2.75) is 38.1 Å². The van der Waals surface area contributed by atoms with Crippen molar-refractivity contribution in [1.29, 1.82) is 0 Å². The fraction of sp³-hybridized carbons (Fsp3) is 0.259. The molecule has 1 atom stereocenters. The fourth-order valence-corrected chi connectivity index (χ4v) is 5.34. The molecule has 2 aromatic carbocycles. The van der Waals surface area contributed by atoms with Crippen LogP contribution in [0.2, 0.25) is 0 Å². The van der Waals surface area contributed by atoms with Gasteiger partial charge in [0.25, 0.3) is 5.56 Å². The van der Waals surface area contributed by atoms with E-state index >= 15 is 0 Å². The van der Waals surface area contributed by atoms with Gasteiger partial charge in [0.1, 0.15) is 34.7 Å². The summed E-state index contributed by atoms with van der Waals surface area (Å²) in [6, 6.07) is 14.7. The van der Waals surface area contributed by atoms with Gasteiger partial charge in [-0.25, -0.2) is 23.4 Å². The number of nitrogens with zero attached hydrogens (tertiary/aromatic N) is 5. The number of hydrogen-bond acceptors (Lipinski definition) is 7. The number of halogens is 2. The summed E-state index contributed by atoms with van der Waals surface area (Å²) in [5.41, 5.74) is -1.34. The predicted molar refractivity (Wildman–Crippen MR) is 139 cm³/mol. The van der Waals surface area contributed by atoms with E-state index in [-0.39, 0.29) is 24.2 Å². The minimum atomic E-state index is -1.93. The summed E-state index contributed by atoms with van der Waals surface area (Å²) >= 11 is 1.43. The number of aryl methyl sites for hydroxylation is 1. The molecule has 0 saturated heterocycles. The summed E-state index contributed by atoms with van der Waals surface area (Å²) in [4.78, 5) is 23.2. The highest BCUT2D eigenvalue weighted by atomic mass is 32.1. The van der Waals surface area contributed by atoms with E-state index in [2.05, 4.69) is 15.1 Å². The topological polar surface area (TPSA) is 95.1 Å². The van der Waals surface area contributed by atoms with E-state index in [1.54, 1.807) is 6.07 Å². The summed E-state index contributed by atoms with van der Waals surface area (Å²) in [5, 5.41) is 16.0. The molecule has 11 heteroatoms. The molecule has 0 aliphatic carbocycles. The molecule has 0 amide bonds. The van der Waals surface area contributed by atoms with Crippen LogP contribution in [0.1, 0.15) is 22.4 Å². The minimum absolute atomic E-state index is 0.164. The van der Waals surface area contributed by atoms with E-state index < -0.39 is 17.2 Å². The standard InChI is InChI=1S/C27H25F2N5O3S/c28-20-8-9-23(24(29)11-20)27(36,15-34-17-30-16-32-34)14-33-18-31-25-22(26(33)35)12-21(38-25)7-4-10-37-13-19-5-2-1-3-6-19/h1-3,5-6,8-9,11-12,16-18,36H,4,7,10,13-15H2. The maximum atomic E-state index is 14.7. The molecule has 38 heavy (non-hydrogen) atoms. The second-order valence-electron chi connectivity index (χ2n) is 9.00. The van der Waals surface area contributed by atoms with Gasteiger partial charge < -0.3 is 9.84 Å². The Bertz CT molecular complexity index is 1570. The van der Waals surface area contributed by atoms with E-state index in [0.29, 0.717) is 29.5 Å². The Kier molecular flexibility index (Phi) is 7.68. The highest BCUT2D eigenvalue weighted by Gasteiger charge is 2.35. The molecule has 3 heterocycles. The van der Waals surface area contributed by atoms with Crippen LogP contribution in [0, 0.1) is 11.6 Å². The average Bonchev–Trinajstić information content (AvgIpc) is 3.56. The van der Waals surface area contributed by atoms with Crippen LogP contribution in [-0.4, -0.2) is 36.0 Å². The van der Waals surface area contributed by atoms with Gasteiger partial charge in [-0.05, 0) is 30.5 Å². The zero-order valence-corrected chi connectivity index (χ0v) is 21.2. The molecule has 0 saturated carbocycles. The smallest absolute Gasteiger partial charge is 0.262 e. The van der Waals surface area contributed by atoms with Gasteiger partial charge in [0.2, 0.25) is 0 Å². The molecule has 0 aliphatic rings. The maximum Gasteiger partial charge on any atom is 0.262 e. The Labute approximate surface area is 220 Å². The SMILES string of the molecule is O=c1c2cc(CCCOCc3ccccc3)sc2ncn1CC(O)(Cn1cncn1)c1ccc(F)cc1F. The van der Waals surface area contributed by atoms with Crippen molar-refractivity contribution in [2.24, 2.45) is 0 Å². The van der Waals surface area contributed by atoms with Crippen molar-refractivity contribution in [2.75, 3.05) is 6.61 Å². The van der Waals surface area contributed by atoms with E-state index in [0.717, 1.165) is 29.3 Å². The summed E-state index contributed by atoms with van der Waals surface area (Å²) in [5.74, 6) is -1.70. The average molecular weight is 538 g/mol. The molecule has 3 aromatic heterocycles.